The Morgan fingerprint density at radius 3 is 2.93 bits per heavy atom. The molecule has 5 nitrogen and oxygen atoms in total. The summed E-state index contributed by atoms with van der Waals surface area (Å²) in [6.07, 6.45) is 1.18. The molecule has 0 spiro atoms. The van der Waals surface area contributed by atoms with Crippen LogP contribution in [0.3, 0.4) is 0 Å². The first-order valence-corrected chi connectivity index (χ1v) is 5.03. The number of hydrogen-bond donors (Lipinski definition) is 1. The van der Waals surface area contributed by atoms with Crippen molar-refractivity contribution in [3.05, 3.63) is 11.5 Å². The first-order valence-electron chi connectivity index (χ1n) is 4.65. The lowest BCUT2D eigenvalue weighted by Gasteiger charge is -2.14. The van der Waals surface area contributed by atoms with E-state index in [9.17, 15) is 0 Å². The summed E-state index contributed by atoms with van der Waals surface area (Å²) < 4.78 is 10.6. The van der Waals surface area contributed by atoms with Gasteiger partial charge in [0.1, 0.15) is 18.1 Å². The molecule has 1 atom stereocenters. The van der Waals surface area contributed by atoms with E-state index < -0.39 is 0 Å². The standard InChI is InChI=1S/C9H14ClN3O2/c1-3-14-4-6(2)15-9-7(11)8(10)12-5-13-9/h5-6H,3-4,11H2,1-2H3. The Bertz CT molecular complexity index is 322. The maximum atomic E-state index is 5.71. The fraction of sp³-hybridized carbons (Fsp3) is 0.556. The first-order chi connectivity index (χ1) is 7.15. The lowest BCUT2D eigenvalue weighted by atomic mass is 10.4. The largest absolute Gasteiger partial charge is 0.471 e. The zero-order valence-electron chi connectivity index (χ0n) is 8.74. The van der Waals surface area contributed by atoms with Gasteiger partial charge in [-0.1, -0.05) is 11.6 Å². The fourth-order valence-electron chi connectivity index (χ4n) is 0.962. The highest BCUT2D eigenvalue weighted by Crippen LogP contribution is 2.24. The van der Waals surface area contributed by atoms with Crippen molar-refractivity contribution in [1.29, 1.82) is 0 Å². The summed E-state index contributed by atoms with van der Waals surface area (Å²) in [5.74, 6) is 0.294. The summed E-state index contributed by atoms with van der Waals surface area (Å²) in [4.78, 5) is 7.62. The molecule has 1 rings (SSSR count). The highest BCUT2D eigenvalue weighted by Gasteiger charge is 2.11. The minimum Gasteiger partial charge on any atom is -0.471 e. The molecule has 0 amide bonds. The molecule has 0 aromatic carbocycles. The number of aromatic nitrogens is 2. The van der Waals surface area contributed by atoms with Gasteiger partial charge in [-0.25, -0.2) is 4.98 Å². The molecule has 2 N–H and O–H groups in total. The predicted molar refractivity (Wildman–Crippen MR) is 58.0 cm³/mol. The molecule has 0 saturated carbocycles. The average Bonchev–Trinajstić information content (AvgIpc) is 2.22. The summed E-state index contributed by atoms with van der Waals surface area (Å²) in [6.45, 7) is 4.92. The maximum Gasteiger partial charge on any atom is 0.242 e. The molecule has 0 aliphatic carbocycles. The topological polar surface area (TPSA) is 70.3 Å². The molecule has 1 aromatic heterocycles. The van der Waals surface area contributed by atoms with Crippen LogP contribution >= 0.6 is 11.6 Å². The average molecular weight is 232 g/mol. The quantitative estimate of drug-likeness (QED) is 0.778. The van der Waals surface area contributed by atoms with Crippen molar-refractivity contribution in [2.24, 2.45) is 0 Å². The van der Waals surface area contributed by atoms with E-state index >= 15 is 0 Å². The van der Waals surface area contributed by atoms with E-state index in [1.807, 2.05) is 13.8 Å². The van der Waals surface area contributed by atoms with Gasteiger partial charge in [-0.05, 0) is 13.8 Å². The number of rotatable bonds is 5. The van der Waals surface area contributed by atoms with Gasteiger partial charge in [0.2, 0.25) is 5.88 Å². The third kappa shape index (κ3) is 3.53. The van der Waals surface area contributed by atoms with Crippen LogP contribution in [-0.2, 0) is 4.74 Å². The summed E-state index contributed by atoms with van der Waals surface area (Å²) in [5, 5.41) is 0.198. The number of anilines is 1. The van der Waals surface area contributed by atoms with Gasteiger partial charge in [-0.3, -0.25) is 0 Å². The maximum absolute atomic E-state index is 5.71. The van der Waals surface area contributed by atoms with Crippen molar-refractivity contribution in [2.75, 3.05) is 18.9 Å². The molecular formula is C9H14ClN3O2. The lowest BCUT2D eigenvalue weighted by Crippen LogP contribution is -2.20. The van der Waals surface area contributed by atoms with Crippen molar-refractivity contribution in [2.45, 2.75) is 20.0 Å². The van der Waals surface area contributed by atoms with Gasteiger partial charge in [-0.15, -0.1) is 0 Å². The number of hydrogen-bond acceptors (Lipinski definition) is 5. The number of ether oxygens (including phenoxy) is 2. The van der Waals surface area contributed by atoms with Gasteiger partial charge in [0.25, 0.3) is 0 Å². The normalized spacial score (nSPS) is 12.5. The molecule has 0 aliphatic rings. The van der Waals surface area contributed by atoms with E-state index in [4.69, 9.17) is 26.8 Å². The van der Waals surface area contributed by atoms with Gasteiger partial charge in [-0.2, -0.15) is 4.98 Å². The molecule has 0 fully saturated rings. The summed E-state index contributed by atoms with van der Waals surface area (Å²) in [7, 11) is 0. The van der Waals surface area contributed by atoms with E-state index in [-0.39, 0.29) is 16.9 Å². The van der Waals surface area contributed by atoms with Gasteiger partial charge in [0.15, 0.2) is 5.15 Å². The Morgan fingerprint density at radius 2 is 2.27 bits per heavy atom. The van der Waals surface area contributed by atoms with Gasteiger partial charge in [0.05, 0.1) is 6.61 Å². The zero-order chi connectivity index (χ0) is 11.3. The molecule has 0 bridgehead atoms. The third-order valence-corrected chi connectivity index (χ3v) is 1.97. The molecule has 1 aromatic rings. The Labute approximate surface area is 93.6 Å². The summed E-state index contributed by atoms with van der Waals surface area (Å²) in [5.41, 5.74) is 5.89. The molecule has 0 aliphatic heterocycles. The van der Waals surface area contributed by atoms with E-state index in [0.29, 0.717) is 19.1 Å². The summed E-state index contributed by atoms with van der Waals surface area (Å²) >= 11 is 5.71. The zero-order valence-corrected chi connectivity index (χ0v) is 9.49. The van der Waals surface area contributed by atoms with Crippen LogP contribution in [0.1, 0.15) is 13.8 Å². The van der Waals surface area contributed by atoms with E-state index in [0.717, 1.165) is 0 Å². The van der Waals surface area contributed by atoms with Crippen LogP contribution in [0, 0.1) is 0 Å². The van der Waals surface area contributed by atoms with Crippen LogP contribution in [0.25, 0.3) is 0 Å². The van der Waals surface area contributed by atoms with E-state index in [1.165, 1.54) is 6.33 Å². The Hall–Kier alpha value is -1.07. The summed E-state index contributed by atoms with van der Waals surface area (Å²) in [6, 6.07) is 0. The number of nitrogens with two attached hydrogens (primary N) is 1. The van der Waals surface area contributed by atoms with Crippen molar-refractivity contribution in [1.82, 2.24) is 9.97 Å². The van der Waals surface area contributed by atoms with Crippen molar-refractivity contribution in [3.8, 4) is 5.88 Å². The molecular weight excluding hydrogens is 218 g/mol. The second-order valence-electron chi connectivity index (χ2n) is 2.97. The van der Waals surface area contributed by atoms with Crippen molar-refractivity contribution < 1.29 is 9.47 Å². The predicted octanol–water partition coefficient (Wildman–Crippen LogP) is 1.52. The molecule has 0 radical (unpaired) electrons. The second kappa shape index (κ2) is 5.72. The first kappa shape index (κ1) is 12.0. The molecule has 1 heterocycles. The third-order valence-electron chi connectivity index (χ3n) is 1.67. The highest BCUT2D eigenvalue weighted by atomic mass is 35.5. The van der Waals surface area contributed by atoms with Crippen LogP contribution in [0.4, 0.5) is 5.69 Å². The van der Waals surface area contributed by atoms with Crippen LogP contribution in [-0.4, -0.2) is 29.3 Å². The molecule has 1 unspecified atom stereocenters. The number of nitrogens with zero attached hydrogens (tertiary/aromatic N) is 2. The molecule has 15 heavy (non-hydrogen) atoms. The number of nitrogen functional groups attached to an aromatic ring is 1. The van der Waals surface area contributed by atoms with Crippen LogP contribution in [0.5, 0.6) is 5.88 Å². The SMILES string of the molecule is CCOCC(C)Oc1ncnc(Cl)c1N. The lowest BCUT2D eigenvalue weighted by molar-refractivity contribution is 0.0637. The molecule has 0 saturated heterocycles. The van der Waals surface area contributed by atoms with Crippen LogP contribution in [0.2, 0.25) is 5.15 Å². The van der Waals surface area contributed by atoms with Crippen molar-refractivity contribution in [3.63, 3.8) is 0 Å². The minimum atomic E-state index is -0.127. The van der Waals surface area contributed by atoms with Gasteiger partial charge >= 0.3 is 0 Å². The Morgan fingerprint density at radius 1 is 1.53 bits per heavy atom. The fourth-order valence-corrected chi connectivity index (χ4v) is 1.09. The van der Waals surface area contributed by atoms with E-state index in [1.54, 1.807) is 0 Å². The monoisotopic (exact) mass is 231 g/mol. The van der Waals surface area contributed by atoms with Crippen LogP contribution in [0.15, 0.2) is 6.33 Å². The van der Waals surface area contributed by atoms with E-state index in [2.05, 4.69) is 9.97 Å². The van der Waals surface area contributed by atoms with Gasteiger partial charge in [0, 0.05) is 6.61 Å². The smallest absolute Gasteiger partial charge is 0.242 e. The van der Waals surface area contributed by atoms with Crippen molar-refractivity contribution >= 4 is 17.3 Å². The second-order valence-corrected chi connectivity index (χ2v) is 3.33. The molecule has 84 valence electrons. The van der Waals surface area contributed by atoms with Crippen LogP contribution < -0.4 is 10.5 Å². The Kier molecular flexibility index (Phi) is 4.58. The highest BCUT2D eigenvalue weighted by molar-refractivity contribution is 6.32. The molecule has 6 heteroatoms. The minimum absolute atomic E-state index is 0.127. The Balaban J connectivity index is 2.60. The number of halogens is 1. The van der Waals surface area contributed by atoms with Gasteiger partial charge < -0.3 is 15.2 Å².